The predicted octanol–water partition coefficient (Wildman–Crippen LogP) is 2.34. The molecule has 5 heteroatoms. The van der Waals surface area contributed by atoms with E-state index in [1.165, 1.54) is 5.56 Å². The number of likely N-dealkylation sites (tertiary alicyclic amines) is 1. The first kappa shape index (κ1) is 14.6. The van der Waals surface area contributed by atoms with E-state index in [-0.39, 0.29) is 5.91 Å². The van der Waals surface area contributed by atoms with E-state index in [1.807, 2.05) is 12.3 Å². The molecule has 2 N–H and O–H groups in total. The van der Waals surface area contributed by atoms with Crippen LogP contribution in [0.3, 0.4) is 0 Å². The second kappa shape index (κ2) is 5.83. The van der Waals surface area contributed by atoms with Gasteiger partial charge >= 0.3 is 5.97 Å². The van der Waals surface area contributed by atoms with Gasteiger partial charge in [0.2, 0.25) is 5.91 Å². The van der Waals surface area contributed by atoms with Gasteiger partial charge in [-0.1, -0.05) is 11.6 Å². The van der Waals surface area contributed by atoms with E-state index in [9.17, 15) is 9.59 Å². The van der Waals surface area contributed by atoms with Crippen LogP contribution in [0.5, 0.6) is 0 Å². The normalized spacial score (nSPS) is 18.0. The fourth-order valence-electron chi connectivity index (χ4n) is 3.09. The maximum absolute atomic E-state index is 12.2. The Morgan fingerprint density at radius 1 is 1.41 bits per heavy atom. The number of benzene rings is 1. The Morgan fingerprint density at radius 3 is 2.95 bits per heavy atom. The molecule has 0 saturated carbocycles. The maximum Gasteiger partial charge on any atom is 0.308 e. The van der Waals surface area contributed by atoms with Gasteiger partial charge in [0.05, 0.1) is 5.92 Å². The number of hydrogen-bond acceptors (Lipinski definition) is 2. The quantitative estimate of drug-likeness (QED) is 0.910. The number of hydrogen-bond donors (Lipinski definition) is 2. The summed E-state index contributed by atoms with van der Waals surface area (Å²) in [5, 5.41) is 10.2. The van der Waals surface area contributed by atoms with Crippen LogP contribution in [0.25, 0.3) is 10.9 Å². The molecule has 0 radical (unpaired) electrons. The van der Waals surface area contributed by atoms with Gasteiger partial charge in [-0.25, -0.2) is 0 Å². The van der Waals surface area contributed by atoms with Crippen LogP contribution in [0.4, 0.5) is 0 Å². The first-order chi connectivity index (χ1) is 10.5. The smallest absolute Gasteiger partial charge is 0.308 e. The number of aliphatic carboxylic acids is 1. The van der Waals surface area contributed by atoms with Crippen LogP contribution in [0.1, 0.15) is 24.0 Å². The number of aromatic nitrogens is 1. The highest BCUT2D eigenvalue weighted by atomic mass is 16.4. The van der Waals surface area contributed by atoms with Crippen molar-refractivity contribution >= 4 is 22.8 Å². The van der Waals surface area contributed by atoms with E-state index < -0.39 is 11.9 Å². The Bertz CT molecular complexity index is 720. The van der Waals surface area contributed by atoms with E-state index in [1.54, 1.807) is 4.90 Å². The summed E-state index contributed by atoms with van der Waals surface area (Å²) in [6.45, 7) is 2.96. The van der Waals surface area contributed by atoms with Gasteiger partial charge in [-0.05, 0) is 37.5 Å². The summed E-state index contributed by atoms with van der Waals surface area (Å²) in [5.41, 5.74) is 3.42. The lowest BCUT2D eigenvalue weighted by Gasteiger charge is -2.15. The Labute approximate surface area is 128 Å². The molecule has 0 aliphatic carbocycles. The molecule has 3 rings (SSSR count). The van der Waals surface area contributed by atoms with Gasteiger partial charge in [-0.3, -0.25) is 9.59 Å². The van der Waals surface area contributed by atoms with Crippen molar-refractivity contribution in [1.29, 1.82) is 0 Å². The molecule has 2 aromatic rings. The molecule has 5 nitrogen and oxygen atoms in total. The molecule has 1 unspecified atom stereocenters. The molecule has 116 valence electrons. The zero-order chi connectivity index (χ0) is 15.7. The number of rotatable bonds is 4. The van der Waals surface area contributed by atoms with Crippen molar-refractivity contribution in [3.05, 3.63) is 35.5 Å². The lowest BCUT2D eigenvalue weighted by Crippen LogP contribution is -2.30. The van der Waals surface area contributed by atoms with Crippen LogP contribution < -0.4 is 0 Å². The second-order valence-corrected chi connectivity index (χ2v) is 6.03. The number of carboxylic acid groups (broad SMARTS) is 1. The number of aryl methyl sites for hydroxylation is 2. The van der Waals surface area contributed by atoms with Gasteiger partial charge < -0.3 is 15.0 Å². The second-order valence-electron chi connectivity index (χ2n) is 6.03. The molecule has 0 bridgehead atoms. The van der Waals surface area contributed by atoms with Gasteiger partial charge in [0.15, 0.2) is 0 Å². The summed E-state index contributed by atoms with van der Waals surface area (Å²) in [7, 11) is 0. The van der Waals surface area contributed by atoms with Crippen LogP contribution in [0, 0.1) is 12.8 Å². The molecule has 1 saturated heterocycles. The summed E-state index contributed by atoms with van der Waals surface area (Å²) in [5.74, 6) is -1.16. The van der Waals surface area contributed by atoms with Crippen molar-refractivity contribution in [2.75, 3.05) is 13.1 Å². The average Bonchev–Trinajstić information content (AvgIpc) is 3.11. The first-order valence-corrected chi connectivity index (χ1v) is 7.62. The fourth-order valence-corrected chi connectivity index (χ4v) is 3.09. The highest BCUT2D eigenvalue weighted by Gasteiger charge is 2.30. The van der Waals surface area contributed by atoms with Crippen molar-refractivity contribution in [3.8, 4) is 0 Å². The Hall–Kier alpha value is -2.30. The third kappa shape index (κ3) is 2.84. The van der Waals surface area contributed by atoms with Gasteiger partial charge in [0.25, 0.3) is 0 Å². The molecule has 1 aliphatic rings. The zero-order valence-corrected chi connectivity index (χ0v) is 12.6. The Morgan fingerprint density at radius 2 is 2.23 bits per heavy atom. The number of nitrogens with one attached hydrogen (secondary N) is 1. The molecule has 1 aromatic heterocycles. The molecule has 1 amide bonds. The topological polar surface area (TPSA) is 73.4 Å². The van der Waals surface area contributed by atoms with E-state index in [0.717, 1.165) is 16.5 Å². The van der Waals surface area contributed by atoms with Gasteiger partial charge in [-0.15, -0.1) is 0 Å². The molecular formula is C17H20N2O3. The van der Waals surface area contributed by atoms with Crippen LogP contribution in [0.2, 0.25) is 0 Å². The highest BCUT2D eigenvalue weighted by Crippen LogP contribution is 2.22. The third-order valence-corrected chi connectivity index (χ3v) is 4.42. The monoisotopic (exact) mass is 300 g/mol. The molecule has 1 fully saturated rings. The van der Waals surface area contributed by atoms with Gasteiger partial charge in [0, 0.05) is 36.6 Å². The molecule has 1 aliphatic heterocycles. The van der Waals surface area contributed by atoms with E-state index >= 15 is 0 Å². The predicted molar refractivity (Wildman–Crippen MR) is 83.7 cm³/mol. The third-order valence-electron chi connectivity index (χ3n) is 4.42. The van der Waals surface area contributed by atoms with E-state index in [0.29, 0.717) is 32.4 Å². The number of H-pyrrole nitrogens is 1. The summed E-state index contributed by atoms with van der Waals surface area (Å²) in [6.07, 6.45) is 3.62. The highest BCUT2D eigenvalue weighted by molar-refractivity contribution is 5.85. The van der Waals surface area contributed by atoms with Crippen molar-refractivity contribution in [2.45, 2.75) is 26.2 Å². The van der Waals surface area contributed by atoms with Crippen molar-refractivity contribution in [2.24, 2.45) is 5.92 Å². The number of fused-ring (bicyclic) bond motifs is 1. The minimum absolute atomic E-state index is 0.0470. The fraction of sp³-hybridized carbons (Fsp3) is 0.412. The number of carbonyl (C=O) groups is 2. The van der Waals surface area contributed by atoms with Crippen LogP contribution >= 0.6 is 0 Å². The van der Waals surface area contributed by atoms with Gasteiger partial charge in [0.1, 0.15) is 0 Å². The molecule has 0 spiro atoms. The Balaban J connectivity index is 1.63. The van der Waals surface area contributed by atoms with Gasteiger partial charge in [-0.2, -0.15) is 0 Å². The molecular weight excluding hydrogens is 280 g/mol. The average molecular weight is 300 g/mol. The van der Waals surface area contributed by atoms with Crippen molar-refractivity contribution in [3.63, 3.8) is 0 Å². The number of aromatic amines is 1. The molecule has 1 aromatic carbocycles. The largest absolute Gasteiger partial charge is 0.481 e. The van der Waals surface area contributed by atoms with Crippen LogP contribution in [0.15, 0.2) is 24.4 Å². The maximum atomic E-state index is 12.2. The van der Waals surface area contributed by atoms with Crippen molar-refractivity contribution < 1.29 is 14.7 Å². The molecule has 1 atom stereocenters. The van der Waals surface area contributed by atoms with Crippen LogP contribution in [-0.4, -0.2) is 40.0 Å². The Kier molecular flexibility index (Phi) is 3.88. The van der Waals surface area contributed by atoms with Crippen LogP contribution in [-0.2, 0) is 16.0 Å². The SMILES string of the molecule is Cc1ccc2[nH]cc(CCC(=O)N3CCC(C(=O)O)C3)c2c1. The minimum Gasteiger partial charge on any atom is -0.481 e. The number of carboxylic acids is 1. The first-order valence-electron chi connectivity index (χ1n) is 7.62. The summed E-state index contributed by atoms with van der Waals surface area (Å²) in [6, 6.07) is 6.24. The molecule has 22 heavy (non-hydrogen) atoms. The standard InChI is InChI=1S/C17H20N2O3/c1-11-2-4-15-14(8-11)12(9-18-15)3-5-16(20)19-7-6-13(10-19)17(21)22/h2,4,8-9,13,18H,3,5-7,10H2,1H3,(H,21,22). The lowest BCUT2D eigenvalue weighted by molar-refractivity contribution is -0.141. The lowest BCUT2D eigenvalue weighted by atomic mass is 10.1. The number of carbonyl (C=O) groups excluding carboxylic acids is 1. The van der Waals surface area contributed by atoms with E-state index in [4.69, 9.17) is 5.11 Å². The molecule has 2 heterocycles. The minimum atomic E-state index is -0.803. The van der Waals surface area contributed by atoms with Crippen molar-refractivity contribution in [1.82, 2.24) is 9.88 Å². The summed E-state index contributed by atoms with van der Waals surface area (Å²) in [4.78, 5) is 28.1. The number of amides is 1. The summed E-state index contributed by atoms with van der Waals surface area (Å²) < 4.78 is 0. The van der Waals surface area contributed by atoms with E-state index in [2.05, 4.69) is 24.0 Å². The summed E-state index contributed by atoms with van der Waals surface area (Å²) >= 11 is 0. The zero-order valence-electron chi connectivity index (χ0n) is 12.6. The number of nitrogens with zero attached hydrogens (tertiary/aromatic N) is 1.